The van der Waals surface area contributed by atoms with Crippen LogP contribution in [0, 0.1) is 6.92 Å². The van der Waals surface area contributed by atoms with E-state index in [9.17, 15) is 22.4 Å². The molecule has 0 spiro atoms. The lowest BCUT2D eigenvalue weighted by Gasteiger charge is -2.19. The van der Waals surface area contributed by atoms with E-state index in [-0.39, 0.29) is 30.1 Å². The molecule has 3 aromatic rings. The summed E-state index contributed by atoms with van der Waals surface area (Å²) in [5.41, 5.74) is 8.50. The first-order valence-corrected chi connectivity index (χ1v) is 12.7. The second-order valence-electron chi connectivity index (χ2n) is 9.97. The topological polar surface area (TPSA) is 116 Å². The summed E-state index contributed by atoms with van der Waals surface area (Å²) in [7, 11) is 3.26. The number of hydrogen-bond acceptors (Lipinski definition) is 7. The third-order valence-corrected chi connectivity index (χ3v) is 6.51. The molecule has 0 saturated carbocycles. The minimum absolute atomic E-state index is 0.0439. The number of rotatable bonds is 9. The van der Waals surface area contributed by atoms with Gasteiger partial charge < -0.3 is 20.9 Å². The number of nitrogens with two attached hydrogens (primary N) is 2. The van der Waals surface area contributed by atoms with Gasteiger partial charge in [0, 0.05) is 59.3 Å². The van der Waals surface area contributed by atoms with Crippen LogP contribution in [-0.2, 0) is 0 Å². The minimum atomic E-state index is -4.81. The predicted molar refractivity (Wildman–Crippen MR) is 152 cm³/mol. The van der Waals surface area contributed by atoms with Crippen molar-refractivity contribution in [2.45, 2.75) is 19.5 Å². The highest BCUT2D eigenvalue weighted by molar-refractivity contribution is 5.99. The van der Waals surface area contributed by atoms with Crippen molar-refractivity contribution < 1.29 is 22.4 Å². The summed E-state index contributed by atoms with van der Waals surface area (Å²) >= 11 is 0. The van der Waals surface area contributed by atoms with Crippen molar-refractivity contribution in [3.05, 3.63) is 100 Å². The first kappa shape index (κ1) is 29.6. The SMILES string of the molecule is Cc1ccc(C(=O)CNC2=CCC(C(F)(F)F)=C(F)C(CN(C)C)=C2)cc1N(N)/C=C(\N)c1cnc2[nH]ccc2c1. The standard InChI is InChI=1S/C29H31F4N7O/c1-17-4-5-18(12-25(17)40(35)16-24(34)20-10-19-8-9-36-28(19)38-13-20)26(41)14-37-22-6-7-23(29(31,32)33)27(30)21(11-22)15-39(2)3/h4-6,8-13,16,37H,7,14-15,34-35H2,1-3H3,(H,36,38)/b24-16-. The maximum Gasteiger partial charge on any atom is 0.415 e. The number of hydrazine groups is 1. The number of aromatic nitrogens is 2. The maximum absolute atomic E-state index is 14.8. The van der Waals surface area contributed by atoms with Crippen LogP contribution in [-0.4, -0.2) is 54.0 Å². The van der Waals surface area contributed by atoms with Gasteiger partial charge in [0.2, 0.25) is 0 Å². The summed E-state index contributed by atoms with van der Waals surface area (Å²) in [4.78, 5) is 22.0. The summed E-state index contributed by atoms with van der Waals surface area (Å²) in [6.07, 6.45) is 1.99. The number of likely N-dealkylation sites (N-methyl/N-ethyl adjacent to an activating group) is 1. The number of Topliss-reactive ketones (excluding diaryl/α,β-unsaturated/α-hetero) is 1. The van der Waals surface area contributed by atoms with Gasteiger partial charge in [0.15, 0.2) is 5.78 Å². The van der Waals surface area contributed by atoms with Crippen molar-refractivity contribution in [2.75, 3.05) is 32.2 Å². The van der Waals surface area contributed by atoms with Gasteiger partial charge in [-0.25, -0.2) is 15.2 Å². The van der Waals surface area contributed by atoms with Crippen LogP contribution in [0.3, 0.4) is 0 Å². The molecule has 216 valence electrons. The molecule has 8 nitrogen and oxygen atoms in total. The van der Waals surface area contributed by atoms with Gasteiger partial charge in [-0.3, -0.25) is 9.80 Å². The molecular weight excluding hydrogens is 538 g/mol. The van der Waals surface area contributed by atoms with Gasteiger partial charge in [0.1, 0.15) is 11.5 Å². The molecule has 0 bridgehead atoms. The molecule has 41 heavy (non-hydrogen) atoms. The second kappa shape index (κ2) is 12.0. The number of benzene rings is 1. The molecule has 1 aromatic carbocycles. The van der Waals surface area contributed by atoms with E-state index >= 15 is 0 Å². The fourth-order valence-corrected chi connectivity index (χ4v) is 4.36. The predicted octanol–water partition coefficient (Wildman–Crippen LogP) is 4.84. The first-order chi connectivity index (χ1) is 19.3. The quantitative estimate of drug-likeness (QED) is 0.126. The Morgan fingerprint density at radius 1 is 1.20 bits per heavy atom. The average molecular weight is 570 g/mol. The lowest BCUT2D eigenvalue weighted by Crippen LogP contribution is -2.27. The van der Waals surface area contributed by atoms with Crippen LogP contribution in [0.2, 0.25) is 0 Å². The van der Waals surface area contributed by atoms with E-state index < -0.39 is 24.0 Å². The number of aromatic amines is 1. The molecule has 0 saturated heterocycles. The average Bonchev–Trinajstić information content (AvgIpc) is 3.31. The zero-order valence-electron chi connectivity index (χ0n) is 22.8. The summed E-state index contributed by atoms with van der Waals surface area (Å²) in [5.74, 6) is 4.66. The Kier molecular flexibility index (Phi) is 8.64. The number of allylic oxidation sites excluding steroid dienone is 3. The van der Waals surface area contributed by atoms with Gasteiger partial charge in [-0.05, 0) is 50.9 Å². The number of fused-ring (bicyclic) bond motifs is 1. The zero-order valence-corrected chi connectivity index (χ0v) is 22.8. The molecule has 0 unspecified atom stereocenters. The van der Waals surface area contributed by atoms with E-state index in [2.05, 4.69) is 15.3 Å². The second-order valence-corrected chi connectivity index (χ2v) is 9.97. The number of carbonyl (C=O) groups excluding carboxylic acids is 1. The number of nitrogens with one attached hydrogen (secondary N) is 2. The summed E-state index contributed by atoms with van der Waals surface area (Å²) in [6.45, 7) is 1.55. The Morgan fingerprint density at radius 2 is 1.95 bits per heavy atom. The maximum atomic E-state index is 14.8. The number of nitrogens with zero attached hydrogens (tertiary/aromatic N) is 3. The third-order valence-electron chi connectivity index (χ3n) is 6.51. The van der Waals surface area contributed by atoms with E-state index in [1.54, 1.807) is 49.6 Å². The molecule has 0 radical (unpaired) electrons. The normalized spacial score (nSPS) is 14.7. The summed E-state index contributed by atoms with van der Waals surface area (Å²) in [5, 5.41) is 5.06. The van der Waals surface area contributed by atoms with Gasteiger partial charge in [-0.2, -0.15) is 13.2 Å². The Bertz CT molecular complexity index is 1580. The molecule has 1 aliphatic rings. The van der Waals surface area contributed by atoms with Crippen LogP contribution in [0.15, 0.2) is 83.7 Å². The Hall–Kier alpha value is -4.42. The van der Waals surface area contributed by atoms with Gasteiger partial charge in [-0.15, -0.1) is 0 Å². The van der Waals surface area contributed by atoms with Crippen molar-refractivity contribution in [2.24, 2.45) is 11.6 Å². The van der Waals surface area contributed by atoms with Crippen molar-refractivity contribution in [1.82, 2.24) is 20.2 Å². The summed E-state index contributed by atoms with van der Waals surface area (Å²) < 4.78 is 55.1. The lowest BCUT2D eigenvalue weighted by atomic mass is 10.1. The molecule has 4 rings (SSSR count). The van der Waals surface area contributed by atoms with E-state index in [4.69, 9.17) is 11.6 Å². The van der Waals surface area contributed by atoms with Crippen LogP contribution in [0.25, 0.3) is 16.7 Å². The Labute approximate surface area is 234 Å². The number of ketones is 1. The number of anilines is 1. The monoisotopic (exact) mass is 569 g/mol. The van der Waals surface area contributed by atoms with Crippen molar-refractivity contribution >= 4 is 28.2 Å². The fourth-order valence-electron chi connectivity index (χ4n) is 4.36. The highest BCUT2D eigenvalue weighted by atomic mass is 19.4. The Balaban J connectivity index is 1.50. The van der Waals surface area contributed by atoms with Gasteiger partial charge in [-0.1, -0.05) is 18.2 Å². The molecule has 6 N–H and O–H groups in total. The van der Waals surface area contributed by atoms with Crippen molar-refractivity contribution in [3.63, 3.8) is 0 Å². The number of carbonyl (C=O) groups is 1. The number of H-pyrrole nitrogens is 1. The highest BCUT2D eigenvalue weighted by Gasteiger charge is 2.37. The number of pyridine rings is 1. The molecule has 2 aromatic heterocycles. The third kappa shape index (κ3) is 7.02. The number of aryl methyl sites for hydroxylation is 1. The minimum Gasteiger partial charge on any atom is -0.397 e. The van der Waals surface area contributed by atoms with Crippen LogP contribution in [0.1, 0.15) is 27.9 Å². The summed E-state index contributed by atoms with van der Waals surface area (Å²) in [6, 6.07) is 8.71. The Morgan fingerprint density at radius 3 is 2.66 bits per heavy atom. The van der Waals surface area contributed by atoms with E-state index in [0.717, 1.165) is 16.6 Å². The smallest absolute Gasteiger partial charge is 0.397 e. The molecule has 0 fully saturated rings. The highest BCUT2D eigenvalue weighted by Crippen LogP contribution is 2.36. The molecule has 12 heteroatoms. The first-order valence-electron chi connectivity index (χ1n) is 12.7. The molecule has 0 atom stereocenters. The van der Waals surface area contributed by atoms with Crippen molar-refractivity contribution in [3.8, 4) is 0 Å². The van der Waals surface area contributed by atoms with E-state index in [1.807, 2.05) is 19.1 Å². The fraction of sp³-hybridized carbons (Fsp3) is 0.241. The van der Waals surface area contributed by atoms with Crippen LogP contribution in [0.5, 0.6) is 0 Å². The number of halogens is 4. The number of hydrogen-bond donors (Lipinski definition) is 4. The molecule has 0 aliphatic heterocycles. The van der Waals surface area contributed by atoms with Crippen molar-refractivity contribution in [1.29, 1.82) is 0 Å². The molecule has 2 heterocycles. The molecule has 1 aliphatic carbocycles. The van der Waals surface area contributed by atoms with Gasteiger partial charge in [0.25, 0.3) is 0 Å². The zero-order chi connectivity index (χ0) is 29.9. The number of alkyl halides is 3. The molecular formula is C29H31F4N7O. The van der Waals surface area contributed by atoms with E-state index in [0.29, 0.717) is 22.5 Å². The van der Waals surface area contributed by atoms with E-state index in [1.165, 1.54) is 23.4 Å². The van der Waals surface area contributed by atoms with Crippen LogP contribution in [0.4, 0.5) is 23.2 Å². The van der Waals surface area contributed by atoms with Crippen LogP contribution >= 0.6 is 0 Å². The lowest BCUT2D eigenvalue weighted by molar-refractivity contribution is -0.0946. The van der Waals surface area contributed by atoms with Gasteiger partial charge in [0.05, 0.1) is 23.5 Å². The molecule has 0 amide bonds. The largest absolute Gasteiger partial charge is 0.415 e. The van der Waals surface area contributed by atoms with Crippen LogP contribution < -0.4 is 21.9 Å². The van der Waals surface area contributed by atoms with Gasteiger partial charge >= 0.3 is 6.18 Å².